The van der Waals surface area contributed by atoms with Gasteiger partial charge in [0.25, 0.3) is 10.3 Å². The van der Waals surface area contributed by atoms with E-state index >= 15 is 0 Å². The molecule has 0 heterocycles. The minimum Gasteiger partial charge on any atom is -0.467 e. The molecule has 0 saturated heterocycles. The maximum atomic E-state index is 11.2. The lowest BCUT2D eigenvalue weighted by atomic mass is 10.3. The smallest absolute Gasteiger partial charge is 0.333 e. The summed E-state index contributed by atoms with van der Waals surface area (Å²) in [4.78, 5) is 22.5. The first-order valence-electron chi connectivity index (χ1n) is 8.82. The lowest BCUT2D eigenvalue weighted by Crippen LogP contribution is -2.18. The highest BCUT2D eigenvalue weighted by Gasteiger charge is 2.06. The van der Waals surface area contributed by atoms with Gasteiger partial charge in [0.2, 0.25) is 0 Å². The molecule has 0 fully saturated rings. The number of benzene rings is 1. The van der Waals surface area contributed by atoms with Crippen LogP contribution < -0.4 is 10.6 Å². The Bertz CT molecular complexity index is 741. The summed E-state index contributed by atoms with van der Waals surface area (Å²) in [5.41, 5.74) is 2.03. The number of carbonyl (C=O) groups is 2. The lowest BCUT2D eigenvalue weighted by molar-refractivity contribution is -0.140. The lowest BCUT2D eigenvalue weighted by Gasteiger charge is -2.12. The van der Waals surface area contributed by atoms with Gasteiger partial charge in [0, 0.05) is 22.5 Å². The van der Waals surface area contributed by atoms with E-state index in [0.29, 0.717) is 22.5 Å². The monoisotopic (exact) mass is 452 g/mol. The van der Waals surface area contributed by atoms with Crippen molar-refractivity contribution in [3.05, 3.63) is 48.6 Å². The number of anilines is 2. The van der Waals surface area contributed by atoms with Crippen LogP contribution in [0.3, 0.4) is 0 Å². The first-order chi connectivity index (χ1) is 14.2. The highest BCUT2D eigenvalue weighted by Crippen LogP contribution is 2.14. The Morgan fingerprint density at radius 2 is 1.03 bits per heavy atom. The zero-order chi connectivity index (χ0) is 22.5. The van der Waals surface area contributed by atoms with Crippen molar-refractivity contribution in [2.75, 3.05) is 37.1 Å². The van der Waals surface area contributed by atoms with E-state index in [1.807, 2.05) is 0 Å². The first kappa shape index (κ1) is 25.1. The Balaban J connectivity index is 2.28. The molecule has 0 aliphatic heterocycles. The molecule has 0 unspecified atom stereocenters. The largest absolute Gasteiger partial charge is 0.467 e. The second-order valence-corrected chi connectivity index (χ2v) is 6.67. The number of ether oxygens (including phenoxy) is 4. The maximum Gasteiger partial charge on any atom is 0.333 e. The molecule has 1 rings (SSSR count). The van der Waals surface area contributed by atoms with Crippen molar-refractivity contribution < 1.29 is 28.5 Å². The highest BCUT2D eigenvalue weighted by atomic mass is 32.1. The van der Waals surface area contributed by atoms with Crippen molar-refractivity contribution >= 4 is 58.1 Å². The van der Waals surface area contributed by atoms with Crippen molar-refractivity contribution in [3.8, 4) is 0 Å². The van der Waals surface area contributed by atoms with Crippen LogP contribution in [0.2, 0.25) is 0 Å². The van der Waals surface area contributed by atoms with Gasteiger partial charge in [-0.15, -0.1) is 0 Å². The molecule has 162 valence electrons. The van der Waals surface area contributed by atoms with Gasteiger partial charge in [-0.2, -0.15) is 0 Å². The average Bonchev–Trinajstić information content (AvgIpc) is 2.69. The number of rotatable bonds is 10. The number of thiocarbonyl (C=S) groups is 2. The third-order valence-electron chi connectivity index (χ3n) is 3.17. The summed E-state index contributed by atoms with van der Waals surface area (Å²) in [6.45, 7) is 10.5. The van der Waals surface area contributed by atoms with Gasteiger partial charge in [0.05, 0.1) is 0 Å². The minimum absolute atomic E-state index is 0.0697. The molecule has 0 aromatic heterocycles. The van der Waals surface area contributed by atoms with Gasteiger partial charge in [0.1, 0.15) is 26.4 Å². The third kappa shape index (κ3) is 10.5. The summed E-state index contributed by atoms with van der Waals surface area (Å²) >= 11 is 10.1. The standard InChI is InChI=1S/C20H24N2O6S2/c1-13(2)17(23)25-9-11-27-19(29)21-15-5-7-16(8-6-15)22-20(30)28-12-10-26-18(24)14(3)4/h5-8H,1,3,9-12H2,2,4H3,(H,21,29)(H,22,30). The van der Waals surface area contributed by atoms with Gasteiger partial charge in [0.15, 0.2) is 0 Å². The molecule has 1 aromatic rings. The van der Waals surface area contributed by atoms with E-state index in [4.69, 9.17) is 43.4 Å². The van der Waals surface area contributed by atoms with Crippen molar-refractivity contribution in [2.45, 2.75) is 13.8 Å². The van der Waals surface area contributed by atoms with Crippen molar-refractivity contribution in [1.82, 2.24) is 0 Å². The van der Waals surface area contributed by atoms with Crippen LogP contribution in [0.5, 0.6) is 0 Å². The Morgan fingerprint density at radius 1 is 0.733 bits per heavy atom. The second kappa shape index (κ2) is 13.3. The zero-order valence-electron chi connectivity index (χ0n) is 16.8. The predicted molar refractivity (Wildman–Crippen MR) is 122 cm³/mol. The van der Waals surface area contributed by atoms with E-state index in [1.165, 1.54) is 0 Å². The predicted octanol–water partition coefficient (Wildman–Crippen LogP) is 3.35. The molecule has 0 bridgehead atoms. The first-order valence-corrected chi connectivity index (χ1v) is 9.63. The fourth-order valence-corrected chi connectivity index (χ4v) is 2.13. The van der Waals surface area contributed by atoms with Gasteiger partial charge >= 0.3 is 11.9 Å². The van der Waals surface area contributed by atoms with Crippen LogP contribution >= 0.6 is 24.4 Å². The number of carbonyl (C=O) groups excluding carboxylic acids is 2. The van der Waals surface area contributed by atoms with Crippen molar-refractivity contribution in [2.24, 2.45) is 0 Å². The number of nitrogens with one attached hydrogen (secondary N) is 2. The van der Waals surface area contributed by atoms with Gasteiger partial charge in [-0.3, -0.25) is 0 Å². The summed E-state index contributed by atoms with van der Waals surface area (Å²) in [7, 11) is 0. The van der Waals surface area contributed by atoms with E-state index in [0.717, 1.165) is 0 Å². The molecule has 30 heavy (non-hydrogen) atoms. The Labute approximate surface area is 186 Å². The summed E-state index contributed by atoms with van der Waals surface area (Å²) < 4.78 is 20.4. The van der Waals surface area contributed by atoms with Crippen LogP contribution in [0.25, 0.3) is 0 Å². The Hall–Kier alpha value is -2.98. The van der Waals surface area contributed by atoms with Crippen molar-refractivity contribution in [3.63, 3.8) is 0 Å². The molecule has 0 aliphatic carbocycles. The van der Waals surface area contributed by atoms with Crippen molar-refractivity contribution in [1.29, 1.82) is 0 Å². The highest BCUT2D eigenvalue weighted by molar-refractivity contribution is 7.80. The summed E-state index contributed by atoms with van der Waals surface area (Å²) in [5, 5.41) is 6.08. The fourth-order valence-electron chi connectivity index (χ4n) is 1.73. The van der Waals surface area contributed by atoms with Crippen LogP contribution in [0.4, 0.5) is 11.4 Å². The quantitative estimate of drug-likeness (QED) is 0.238. The third-order valence-corrected chi connectivity index (χ3v) is 3.61. The van der Waals surface area contributed by atoms with E-state index in [2.05, 4.69) is 23.8 Å². The Kier molecular flexibility index (Phi) is 11.1. The molecular weight excluding hydrogens is 428 g/mol. The number of hydrogen-bond acceptors (Lipinski definition) is 8. The van der Waals surface area contributed by atoms with E-state index in [9.17, 15) is 9.59 Å². The average molecular weight is 453 g/mol. The molecule has 0 saturated carbocycles. The van der Waals surface area contributed by atoms with Crippen LogP contribution in [0.15, 0.2) is 48.6 Å². The normalized spacial score (nSPS) is 9.67. The molecule has 0 radical (unpaired) electrons. The minimum atomic E-state index is -0.477. The van der Waals surface area contributed by atoms with Gasteiger partial charge < -0.3 is 29.6 Å². The Morgan fingerprint density at radius 3 is 1.33 bits per heavy atom. The molecule has 0 spiro atoms. The molecule has 0 atom stereocenters. The van der Waals surface area contributed by atoms with Gasteiger partial charge in [-0.25, -0.2) is 9.59 Å². The SMILES string of the molecule is C=C(C)C(=O)OCCOC(=S)Nc1ccc(NC(=S)OCCOC(=O)C(=C)C)cc1. The molecule has 0 aliphatic rings. The molecular formula is C20H24N2O6S2. The number of esters is 2. The van der Waals surface area contributed by atoms with Crippen LogP contribution in [0.1, 0.15) is 13.8 Å². The summed E-state index contributed by atoms with van der Waals surface area (Å²) in [5.74, 6) is -0.953. The number of hydrogen-bond donors (Lipinski definition) is 2. The van der Waals surface area contributed by atoms with E-state index < -0.39 is 11.9 Å². The van der Waals surface area contributed by atoms with Gasteiger partial charge in [-0.05, 0) is 62.5 Å². The molecule has 2 N–H and O–H groups in total. The van der Waals surface area contributed by atoms with Crippen LogP contribution in [0, 0.1) is 0 Å². The topological polar surface area (TPSA) is 95.1 Å². The van der Waals surface area contributed by atoms with Gasteiger partial charge in [-0.1, -0.05) is 13.2 Å². The molecule has 10 heteroatoms. The van der Waals surface area contributed by atoms with Crippen LogP contribution in [-0.4, -0.2) is 48.7 Å². The summed E-state index contributed by atoms with van der Waals surface area (Å²) in [6, 6.07) is 7.04. The summed E-state index contributed by atoms with van der Waals surface area (Å²) in [6.07, 6.45) is 0. The zero-order valence-corrected chi connectivity index (χ0v) is 18.5. The van der Waals surface area contributed by atoms with E-state index in [-0.39, 0.29) is 36.8 Å². The molecule has 8 nitrogen and oxygen atoms in total. The molecule has 1 aromatic carbocycles. The molecule has 0 amide bonds. The maximum absolute atomic E-state index is 11.2. The fraction of sp³-hybridized carbons (Fsp3) is 0.300. The second-order valence-electron chi connectivity index (χ2n) is 5.93. The van der Waals surface area contributed by atoms with Crippen LogP contribution in [-0.2, 0) is 28.5 Å². The van der Waals surface area contributed by atoms with E-state index in [1.54, 1.807) is 38.1 Å².